The van der Waals surface area contributed by atoms with Crippen molar-refractivity contribution in [3.8, 4) is 5.75 Å². The number of carbonyl (C=O) groups is 1. The fourth-order valence-electron chi connectivity index (χ4n) is 4.65. The van der Waals surface area contributed by atoms with Crippen LogP contribution in [-0.4, -0.2) is 23.3 Å². The first-order chi connectivity index (χ1) is 18.2. The van der Waals surface area contributed by atoms with Gasteiger partial charge in [0.05, 0.1) is 12.5 Å². The lowest BCUT2D eigenvalue weighted by Crippen LogP contribution is -2.21. The van der Waals surface area contributed by atoms with E-state index in [0.29, 0.717) is 0 Å². The Morgan fingerprint density at radius 1 is 0.865 bits per heavy atom. The number of rotatable bonds is 18. The van der Waals surface area contributed by atoms with Gasteiger partial charge in [-0.15, -0.1) is 11.8 Å². The van der Waals surface area contributed by atoms with E-state index in [2.05, 4.69) is 29.5 Å². The molecule has 0 spiro atoms. The monoisotopic (exact) mass is 522 g/mol. The van der Waals surface area contributed by atoms with E-state index in [4.69, 9.17) is 4.74 Å². The van der Waals surface area contributed by atoms with Crippen LogP contribution in [0.3, 0.4) is 0 Å². The minimum atomic E-state index is -0.0748. The van der Waals surface area contributed by atoms with Gasteiger partial charge >= 0.3 is 0 Å². The molecule has 1 aliphatic heterocycles. The van der Waals surface area contributed by atoms with Crippen LogP contribution in [-0.2, 0) is 6.54 Å². The zero-order chi connectivity index (χ0) is 26.1. The van der Waals surface area contributed by atoms with Crippen LogP contribution in [0.2, 0.25) is 0 Å². The second-order valence-corrected chi connectivity index (χ2v) is 11.0. The molecule has 1 N–H and O–H groups in total. The van der Waals surface area contributed by atoms with Crippen molar-refractivity contribution in [2.75, 3.05) is 17.8 Å². The van der Waals surface area contributed by atoms with E-state index in [1.165, 1.54) is 76.3 Å². The summed E-state index contributed by atoms with van der Waals surface area (Å²) in [6, 6.07) is 15.6. The molecule has 0 bridgehead atoms. The molecular formula is C32H46N2O2S. The summed E-state index contributed by atoms with van der Waals surface area (Å²) in [5.74, 6) is 1.71. The van der Waals surface area contributed by atoms with Gasteiger partial charge in [-0.3, -0.25) is 4.79 Å². The van der Waals surface area contributed by atoms with E-state index in [1.54, 1.807) is 11.8 Å². The van der Waals surface area contributed by atoms with Gasteiger partial charge in [0, 0.05) is 23.5 Å². The van der Waals surface area contributed by atoms with Crippen LogP contribution >= 0.6 is 11.8 Å². The third kappa shape index (κ3) is 10.9. The van der Waals surface area contributed by atoms with Gasteiger partial charge in [-0.1, -0.05) is 95.8 Å². The molecule has 1 amide bonds. The van der Waals surface area contributed by atoms with Gasteiger partial charge in [-0.05, 0) is 54.6 Å². The lowest BCUT2D eigenvalue weighted by molar-refractivity contribution is 0.102. The summed E-state index contributed by atoms with van der Waals surface area (Å²) in [6.45, 7) is 5.88. The number of nitrogens with one attached hydrogen (secondary N) is 1. The summed E-state index contributed by atoms with van der Waals surface area (Å²) in [5.41, 5.74) is 3.79. The molecule has 0 radical (unpaired) electrons. The molecule has 0 saturated heterocycles. The van der Waals surface area contributed by atoms with Crippen LogP contribution < -0.4 is 10.1 Å². The third-order valence-corrected chi connectivity index (χ3v) is 7.95. The number of hydrogen-bond acceptors (Lipinski definition) is 4. The van der Waals surface area contributed by atoms with Crippen molar-refractivity contribution in [1.29, 1.82) is 0 Å². The molecule has 37 heavy (non-hydrogen) atoms. The van der Waals surface area contributed by atoms with Gasteiger partial charge in [0.1, 0.15) is 5.75 Å². The Hall–Kier alpha value is -2.40. The van der Waals surface area contributed by atoms with Gasteiger partial charge in [-0.25, -0.2) is 0 Å². The smallest absolute Gasteiger partial charge is 0.256 e. The van der Waals surface area contributed by atoms with E-state index in [1.807, 2.05) is 48.5 Å². The third-order valence-electron chi connectivity index (χ3n) is 6.99. The Balaban J connectivity index is 1.30. The molecule has 0 fully saturated rings. The van der Waals surface area contributed by atoms with Crippen molar-refractivity contribution >= 4 is 23.4 Å². The summed E-state index contributed by atoms with van der Waals surface area (Å²) in [4.78, 5) is 15.3. The summed E-state index contributed by atoms with van der Waals surface area (Å²) in [6.07, 6.45) is 16.1. The number of unbranched alkanes of at least 4 members (excludes halogenated alkanes) is 11. The number of hydrogen-bond donors (Lipinski definition) is 1. The lowest BCUT2D eigenvalue weighted by atomic mass is 10.1. The average molecular weight is 523 g/mol. The van der Waals surface area contributed by atoms with E-state index in [0.717, 1.165) is 48.0 Å². The topological polar surface area (TPSA) is 41.6 Å². The molecule has 1 aliphatic rings. The summed E-state index contributed by atoms with van der Waals surface area (Å²) >= 11 is 1.79. The Morgan fingerprint density at radius 2 is 1.49 bits per heavy atom. The van der Waals surface area contributed by atoms with Gasteiger partial charge in [0.25, 0.3) is 5.91 Å². The van der Waals surface area contributed by atoms with Crippen LogP contribution in [0.25, 0.3) is 0 Å². The summed E-state index contributed by atoms with van der Waals surface area (Å²) in [5, 5.41) is 5.22. The van der Waals surface area contributed by atoms with Crippen LogP contribution in [0.4, 0.5) is 5.69 Å². The Morgan fingerprint density at radius 3 is 2.11 bits per heavy atom. The van der Waals surface area contributed by atoms with E-state index < -0.39 is 0 Å². The van der Waals surface area contributed by atoms with Crippen molar-refractivity contribution in [2.24, 2.45) is 0 Å². The number of anilines is 1. The fraction of sp³-hybridized carbons (Fsp3) is 0.531. The van der Waals surface area contributed by atoms with Crippen LogP contribution in [0.5, 0.6) is 5.75 Å². The van der Waals surface area contributed by atoms with Gasteiger partial charge in [0.15, 0.2) is 0 Å². The highest BCUT2D eigenvalue weighted by atomic mass is 32.2. The molecule has 0 aromatic heterocycles. The molecule has 5 heteroatoms. The Labute approximate surface area is 229 Å². The summed E-state index contributed by atoms with van der Waals surface area (Å²) in [7, 11) is 0. The fourth-order valence-corrected chi connectivity index (χ4v) is 5.59. The highest BCUT2D eigenvalue weighted by molar-refractivity contribution is 8.02. The number of carbonyl (C=O) groups excluding carboxylic acids is 1. The largest absolute Gasteiger partial charge is 0.494 e. The van der Waals surface area contributed by atoms with Gasteiger partial charge < -0.3 is 15.0 Å². The zero-order valence-electron chi connectivity index (χ0n) is 23.0. The lowest BCUT2D eigenvalue weighted by Gasteiger charge is -2.21. The van der Waals surface area contributed by atoms with Crippen LogP contribution in [0.1, 0.15) is 107 Å². The maximum atomic E-state index is 13.0. The number of benzene rings is 2. The average Bonchev–Trinajstić information content (AvgIpc) is 3.32. The molecule has 1 heterocycles. The van der Waals surface area contributed by atoms with E-state index in [-0.39, 0.29) is 5.91 Å². The molecule has 2 aromatic rings. The summed E-state index contributed by atoms with van der Waals surface area (Å²) < 4.78 is 5.92. The molecule has 202 valence electrons. The second-order valence-electron chi connectivity index (χ2n) is 10.1. The molecule has 0 aliphatic carbocycles. The minimum Gasteiger partial charge on any atom is -0.494 e. The standard InChI is InChI=1S/C32H46N2O2S/c1-3-4-5-6-7-8-9-10-11-12-13-16-23-36-30-21-19-29(20-22-30)33-32(35)31-18-15-14-17-28(31)24-34-26-37-25-27(34)2/h14-15,17-22,25H,3-13,16,23-24,26H2,1-2H3,(H,33,35). The zero-order valence-corrected chi connectivity index (χ0v) is 23.8. The van der Waals surface area contributed by atoms with Crippen molar-refractivity contribution in [1.82, 2.24) is 4.90 Å². The Kier molecular flexibility index (Phi) is 13.5. The molecule has 0 atom stereocenters. The second kappa shape index (κ2) is 17.2. The Bertz CT molecular complexity index is 958. The van der Waals surface area contributed by atoms with Crippen molar-refractivity contribution in [3.05, 3.63) is 70.8 Å². The first-order valence-electron chi connectivity index (χ1n) is 14.3. The quantitative estimate of drug-likeness (QED) is 0.198. The van der Waals surface area contributed by atoms with Crippen molar-refractivity contribution in [3.63, 3.8) is 0 Å². The van der Waals surface area contributed by atoms with E-state index in [9.17, 15) is 4.79 Å². The highest BCUT2D eigenvalue weighted by Crippen LogP contribution is 2.26. The predicted molar refractivity (Wildman–Crippen MR) is 159 cm³/mol. The molecule has 0 saturated carbocycles. The number of amides is 1. The normalized spacial score (nSPS) is 13.0. The molecule has 3 rings (SSSR count). The van der Waals surface area contributed by atoms with Gasteiger partial charge in [-0.2, -0.15) is 0 Å². The van der Waals surface area contributed by atoms with E-state index >= 15 is 0 Å². The molecule has 2 aromatic carbocycles. The minimum absolute atomic E-state index is 0.0748. The maximum absolute atomic E-state index is 13.0. The van der Waals surface area contributed by atoms with Gasteiger partial charge in [0.2, 0.25) is 0 Å². The number of allylic oxidation sites excluding steroid dienone is 1. The first kappa shape index (κ1) is 29.2. The molecule has 4 nitrogen and oxygen atoms in total. The van der Waals surface area contributed by atoms with Crippen LogP contribution in [0.15, 0.2) is 59.6 Å². The van der Waals surface area contributed by atoms with Crippen molar-refractivity contribution in [2.45, 2.75) is 97.4 Å². The molecule has 0 unspecified atom stereocenters. The van der Waals surface area contributed by atoms with Crippen molar-refractivity contribution < 1.29 is 9.53 Å². The number of ether oxygens (including phenoxy) is 1. The number of thioether (sulfide) groups is 1. The predicted octanol–water partition coefficient (Wildman–Crippen LogP) is 9.39. The first-order valence-corrected chi connectivity index (χ1v) is 15.4. The SMILES string of the molecule is CCCCCCCCCCCCCCOc1ccc(NC(=O)c2ccccc2CN2CSC=C2C)cc1. The highest BCUT2D eigenvalue weighted by Gasteiger charge is 2.17. The number of nitrogens with zero attached hydrogens (tertiary/aromatic N) is 1. The van der Waals surface area contributed by atoms with Crippen LogP contribution in [0, 0.1) is 0 Å². The molecular weight excluding hydrogens is 476 g/mol. The maximum Gasteiger partial charge on any atom is 0.256 e.